The summed E-state index contributed by atoms with van der Waals surface area (Å²) in [5, 5.41) is 7.33. The van der Waals surface area contributed by atoms with Crippen LogP contribution in [0.15, 0.2) is 23.1 Å². The molecule has 0 aromatic carbocycles. The predicted molar refractivity (Wildman–Crippen MR) is 87.6 cm³/mol. The van der Waals surface area contributed by atoms with Crippen LogP contribution in [0.3, 0.4) is 0 Å². The van der Waals surface area contributed by atoms with Crippen LogP contribution in [-0.2, 0) is 0 Å². The van der Waals surface area contributed by atoms with Crippen molar-refractivity contribution in [1.82, 2.24) is 20.0 Å². The van der Waals surface area contributed by atoms with Crippen LogP contribution in [0.25, 0.3) is 0 Å². The number of carbonyl (C=O) groups excluding carboxylic acids is 1. The van der Waals surface area contributed by atoms with Gasteiger partial charge in [-0.1, -0.05) is 5.16 Å². The highest BCUT2D eigenvalue weighted by Gasteiger charge is 2.49. The first-order valence-electron chi connectivity index (χ1n) is 8.31. The van der Waals surface area contributed by atoms with E-state index >= 15 is 0 Å². The molecule has 2 aliphatic rings. The first-order valence-corrected chi connectivity index (χ1v) is 8.31. The molecule has 126 valence electrons. The Morgan fingerprint density at radius 3 is 2.92 bits per heavy atom. The van der Waals surface area contributed by atoms with E-state index in [4.69, 9.17) is 4.52 Å². The van der Waals surface area contributed by atoms with Crippen molar-refractivity contribution in [2.75, 3.05) is 18.4 Å². The summed E-state index contributed by atoms with van der Waals surface area (Å²) >= 11 is 0. The van der Waals surface area contributed by atoms with Gasteiger partial charge in [0.05, 0.1) is 5.69 Å². The van der Waals surface area contributed by atoms with Crippen molar-refractivity contribution in [1.29, 1.82) is 0 Å². The van der Waals surface area contributed by atoms with E-state index < -0.39 is 0 Å². The van der Waals surface area contributed by atoms with Crippen molar-refractivity contribution in [3.05, 3.63) is 35.6 Å². The van der Waals surface area contributed by atoms with E-state index in [1.54, 1.807) is 19.4 Å². The van der Waals surface area contributed by atoms with Gasteiger partial charge in [0, 0.05) is 25.3 Å². The molecule has 4 rings (SSSR count). The number of anilines is 1. The molecule has 1 amide bonds. The summed E-state index contributed by atoms with van der Waals surface area (Å²) in [6.45, 7) is 5.24. The van der Waals surface area contributed by atoms with Crippen LogP contribution < -0.4 is 5.32 Å². The summed E-state index contributed by atoms with van der Waals surface area (Å²) in [5.41, 5.74) is 1.55. The summed E-state index contributed by atoms with van der Waals surface area (Å²) in [7, 11) is 0. The molecule has 1 saturated carbocycles. The molecule has 1 aliphatic carbocycles. The van der Waals surface area contributed by atoms with Gasteiger partial charge in [-0.2, -0.15) is 0 Å². The highest BCUT2D eigenvalue weighted by Crippen LogP contribution is 2.49. The second kappa shape index (κ2) is 5.58. The van der Waals surface area contributed by atoms with Crippen LogP contribution in [-0.4, -0.2) is 45.1 Å². The number of aromatic nitrogens is 3. The Morgan fingerprint density at radius 2 is 2.25 bits per heavy atom. The molecule has 1 spiro atoms. The molecule has 0 unspecified atom stereocenters. The zero-order valence-corrected chi connectivity index (χ0v) is 14.0. The SMILES string of the molecule is Cc1noc(C)c1C(=O)N1CCC2(CC(Nc3ccncn3)C2)C1. The van der Waals surface area contributed by atoms with Crippen LogP contribution in [0, 0.1) is 19.3 Å². The molecule has 1 aliphatic heterocycles. The Morgan fingerprint density at radius 1 is 1.42 bits per heavy atom. The van der Waals surface area contributed by atoms with E-state index in [0.717, 1.165) is 38.2 Å². The molecule has 2 fully saturated rings. The fourth-order valence-electron chi connectivity index (χ4n) is 4.06. The highest BCUT2D eigenvalue weighted by atomic mass is 16.5. The van der Waals surface area contributed by atoms with Crippen LogP contribution >= 0.6 is 0 Å². The minimum absolute atomic E-state index is 0.0512. The molecular formula is C17H21N5O2. The lowest BCUT2D eigenvalue weighted by Gasteiger charge is -2.45. The van der Waals surface area contributed by atoms with Crippen molar-refractivity contribution in [2.24, 2.45) is 5.41 Å². The minimum atomic E-state index is 0.0512. The van der Waals surface area contributed by atoms with Crippen molar-refractivity contribution in [3.63, 3.8) is 0 Å². The van der Waals surface area contributed by atoms with Crippen LogP contribution in [0.4, 0.5) is 5.82 Å². The third-order valence-corrected chi connectivity index (χ3v) is 5.27. The molecule has 3 heterocycles. The number of nitrogens with zero attached hydrogens (tertiary/aromatic N) is 4. The number of hydrogen-bond donors (Lipinski definition) is 1. The Bertz CT molecular complexity index is 732. The molecule has 0 atom stereocenters. The monoisotopic (exact) mass is 327 g/mol. The first-order chi connectivity index (χ1) is 11.6. The molecule has 2 aromatic heterocycles. The Balaban J connectivity index is 1.37. The van der Waals surface area contributed by atoms with E-state index in [0.29, 0.717) is 23.1 Å². The summed E-state index contributed by atoms with van der Waals surface area (Å²) in [4.78, 5) is 22.8. The normalized spacial score (nSPS) is 25.8. The van der Waals surface area contributed by atoms with Gasteiger partial charge in [-0.15, -0.1) is 0 Å². The number of carbonyl (C=O) groups is 1. The molecule has 1 saturated heterocycles. The van der Waals surface area contributed by atoms with Gasteiger partial charge in [0.15, 0.2) is 0 Å². The van der Waals surface area contributed by atoms with E-state index in [9.17, 15) is 4.79 Å². The third kappa shape index (κ3) is 2.53. The number of likely N-dealkylation sites (tertiary alicyclic amines) is 1. The molecule has 0 bridgehead atoms. The van der Waals surface area contributed by atoms with Gasteiger partial charge in [-0.05, 0) is 44.6 Å². The maximum absolute atomic E-state index is 12.7. The van der Waals surface area contributed by atoms with Crippen molar-refractivity contribution in [2.45, 2.75) is 39.2 Å². The quantitative estimate of drug-likeness (QED) is 0.930. The molecule has 2 aromatic rings. The number of amides is 1. The fourth-order valence-corrected chi connectivity index (χ4v) is 4.06. The Kier molecular flexibility index (Phi) is 3.51. The minimum Gasteiger partial charge on any atom is -0.367 e. The van der Waals surface area contributed by atoms with Gasteiger partial charge in [-0.25, -0.2) is 9.97 Å². The maximum atomic E-state index is 12.7. The standard InChI is InChI=1S/C17H21N5O2/c1-11-15(12(2)24-21-11)16(23)22-6-4-17(9-22)7-13(8-17)20-14-3-5-18-10-19-14/h3,5,10,13H,4,6-9H2,1-2H3,(H,18,19,20). The van der Waals surface area contributed by atoms with Gasteiger partial charge in [0.25, 0.3) is 5.91 Å². The Labute approximate surface area is 140 Å². The average Bonchev–Trinajstić information content (AvgIpc) is 3.12. The molecule has 24 heavy (non-hydrogen) atoms. The van der Waals surface area contributed by atoms with Gasteiger partial charge in [0.2, 0.25) is 0 Å². The van der Waals surface area contributed by atoms with Crippen LogP contribution in [0.2, 0.25) is 0 Å². The van der Waals surface area contributed by atoms with Crippen LogP contribution in [0.5, 0.6) is 0 Å². The van der Waals surface area contributed by atoms with E-state index in [1.807, 2.05) is 17.9 Å². The molecule has 7 heteroatoms. The summed E-state index contributed by atoms with van der Waals surface area (Å²) < 4.78 is 5.13. The number of hydrogen-bond acceptors (Lipinski definition) is 6. The van der Waals surface area contributed by atoms with E-state index in [1.165, 1.54) is 0 Å². The second-order valence-corrected chi connectivity index (χ2v) is 7.02. The Hall–Kier alpha value is -2.44. The van der Waals surface area contributed by atoms with E-state index in [2.05, 4.69) is 20.4 Å². The van der Waals surface area contributed by atoms with Gasteiger partial charge >= 0.3 is 0 Å². The lowest BCUT2D eigenvalue weighted by Crippen LogP contribution is -2.47. The van der Waals surface area contributed by atoms with Crippen molar-refractivity contribution < 1.29 is 9.32 Å². The lowest BCUT2D eigenvalue weighted by molar-refractivity contribution is 0.0713. The van der Waals surface area contributed by atoms with E-state index in [-0.39, 0.29) is 11.3 Å². The fraction of sp³-hybridized carbons (Fsp3) is 0.529. The summed E-state index contributed by atoms with van der Waals surface area (Å²) in [6.07, 6.45) is 6.49. The van der Waals surface area contributed by atoms with Crippen molar-refractivity contribution in [3.8, 4) is 0 Å². The zero-order valence-electron chi connectivity index (χ0n) is 14.0. The number of nitrogens with one attached hydrogen (secondary N) is 1. The van der Waals surface area contributed by atoms with Gasteiger partial charge < -0.3 is 14.7 Å². The average molecular weight is 327 g/mol. The van der Waals surface area contributed by atoms with Crippen molar-refractivity contribution >= 4 is 11.7 Å². The van der Waals surface area contributed by atoms with Gasteiger partial charge in [0.1, 0.15) is 23.5 Å². The molecule has 0 radical (unpaired) electrons. The lowest BCUT2D eigenvalue weighted by atomic mass is 9.65. The summed E-state index contributed by atoms with van der Waals surface area (Å²) in [6, 6.07) is 2.31. The first kappa shape index (κ1) is 15.1. The zero-order chi connectivity index (χ0) is 16.7. The second-order valence-electron chi connectivity index (χ2n) is 7.02. The number of rotatable bonds is 3. The predicted octanol–water partition coefficient (Wildman–Crippen LogP) is 2.19. The number of aryl methyl sites for hydroxylation is 2. The topological polar surface area (TPSA) is 84.2 Å². The highest BCUT2D eigenvalue weighted by molar-refractivity contribution is 5.96. The third-order valence-electron chi connectivity index (χ3n) is 5.27. The van der Waals surface area contributed by atoms with Gasteiger partial charge in [-0.3, -0.25) is 4.79 Å². The molecular weight excluding hydrogens is 306 g/mol. The van der Waals surface area contributed by atoms with Crippen LogP contribution in [0.1, 0.15) is 41.1 Å². The summed E-state index contributed by atoms with van der Waals surface area (Å²) in [5.74, 6) is 1.53. The smallest absolute Gasteiger partial charge is 0.259 e. The maximum Gasteiger partial charge on any atom is 0.259 e. The largest absolute Gasteiger partial charge is 0.367 e. The molecule has 1 N–H and O–H groups in total. The molecule has 7 nitrogen and oxygen atoms in total.